The van der Waals surface area contributed by atoms with Crippen molar-refractivity contribution < 1.29 is 14.2 Å². The number of hydrogen-bond acceptors (Lipinski definition) is 4. The first kappa shape index (κ1) is 17.4. The van der Waals surface area contributed by atoms with Crippen LogP contribution in [0.25, 0.3) is 0 Å². The van der Waals surface area contributed by atoms with Crippen molar-refractivity contribution in [2.24, 2.45) is 0 Å². The second-order valence-corrected chi connectivity index (χ2v) is 5.30. The normalized spacial score (nSPS) is 10.4. The zero-order valence-corrected chi connectivity index (χ0v) is 14.2. The molecule has 0 saturated heterocycles. The van der Waals surface area contributed by atoms with Gasteiger partial charge in [-0.25, -0.2) is 0 Å². The van der Waals surface area contributed by atoms with E-state index in [1.165, 1.54) is 0 Å². The van der Waals surface area contributed by atoms with E-state index >= 15 is 0 Å². The average Bonchev–Trinajstić information content (AvgIpc) is 2.58. The smallest absolute Gasteiger partial charge is 0.137 e. The van der Waals surface area contributed by atoms with E-state index in [2.05, 4.69) is 5.32 Å². The summed E-state index contributed by atoms with van der Waals surface area (Å²) in [7, 11) is 1.60. The van der Waals surface area contributed by atoms with Gasteiger partial charge in [0.05, 0.1) is 18.7 Å². The molecule has 0 spiro atoms. The Labute approximate surface area is 142 Å². The van der Waals surface area contributed by atoms with E-state index in [4.69, 9.17) is 25.8 Å². The van der Waals surface area contributed by atoms with Crippen molar-refractivity contribution in [3.63, 3.8) is 0 Å². The first-order valence-electron chi connectivity index (χ1n) is 7.60. The van der Waals surface area contributed by atoms with Crippen LogP contribution in [0.1, 0.15) is 12.5 Å². The number of ether oxygens (including phenoxy) is 3. The summed E-state index contributed by atoms with van der Waals surface area (Å²) < 4.78 is 16.0. The Morgan fingerprint density at radius 2 is 1.83 bits per heavy atom. The summed E-state index contributed by atoms with van der Waals surface area (Å²) in [6.45, 7) is 4.57. The van der Waals surface area contributed by atoms with E-state index in [1.807, 2.05) is 49.4 Å². The Hall–Kier alpha value is -1.91. The zero-order chi connectivity index (χ0) is 16.5. The third-order valence-electron chi connectivity index (χ3n) is 3.27. The third-order valence-corrected chi connectivity index (χ3v) is 3.57. The molecule has 0 radical (unpaired) electrons. The summed E-state index contributed by atoms with van der Waals surface area (Å²) in [6, 6.07) is 13.6. The lowest BCUT2D eigenvalue weighted by Gasteiger charge is -2.10. The van der Waals surface area contributed by atoms with Crippen LogP contribution in [0.15, 0.2) is 42.5 Å². The van der Waals surface area contributed by atoms with Crippen molar-refractivity contribution in [1.29, 1.82) is 0 Å². The summed E-state index contributed by atoms with van der Waals surface area (Å²) >= 11 is 6.11. The summed E-state index contributed by atoms with van der Waals surface area (Å²) in [6.07, 6.45) is 0. The number of rotatable bonds is 9. The highest BCUT2D eigenvalue weighted by molar-refractivity contribution is 6.32. The van der Waals surface area contributed by atoms with Gasteiger partial charge in [0.15, 0.2) is 0 Å². The van der Waals surface area contributed by atoms with E-state index in [0.29, 0.717) is 37.1 Å². The van der Waals surface area contributed by atoms with E-state index < -0.39 is 0 Å². The molecule has 2 aromatic carbocycles. The predicted molar refractivity (Wildman–Crippen MR) is 93.8 cm³/mol. The summed E-state index contributed by atoms with van der Waals surface area (Å²) in [4.78, 5) is 0. The number of methoxy groups -OCH3 is 1. The Kier molecular flexibility index (Phi) is 7.04. The molecule has 0 fully saturated rings. The van der Waals surface area contributed by atoms with Gasteiger partial charge >= 0.3 is 0 Å². The molecule has 0 bridgehead atoms. The van der Waals surface area contributed by atoms with Crippen LogP contribution in [0.3, 0.4) is 0 Å². The van der Waals surface area contributed by atoms with Crippen LogP contribution in [-0.4, -0.2) is 26.9 Å². The molecule has 0 unspecified atom stereocenters. The first-order valence-corrected chi connectivity index (χ1v) is 7.97. The minimum atomic E-state index is 0.565. The molecule has 0 saturated carbocycles. The maximum absolute atomic E-state index is 6.11. The molecule has 5 heteroatoms. The second kappa shape index (κ2) is 9.28. The Bertz CT molecular complexity index is 602. The first-order chi connectivity index (χ1) is 11.2. The fourth-order valence-electron chi connectivity index (χ4n) is 2.05. The fourth-order valence-corrected chi connectivity index (χ4v) is 2.30. The van der Waals surface area contributed by atoms with Gasteiger partial charge in [0.2, 0.25) is 0 Å². The lowest BCUT2D eigenvalue weighted by molar-refractivity contribution is 0.110. The zero-order valence-electron chi connectivity index (χ0n) is 13.5. The van der Waals surface area contributed by atoms with Gasteiger partial charge < -0.3 is 19.5 Å². The van der Waals surface area contributed by atoms with Gasteiger partial charge in [-0.15, -0.1) is 0 Å². The van der Waals surface area contributed by atoms with Crippen molar-refractivity contribution in [1.82, 2.24) is 0 Å². The highest BCUT2D eigenvalue weighted by atomic mass is 35.5. The number of hydrogen-bond donors (Lipinski definition) is 1. The Morgan fingerprint density at radius 3 is 2.48 bits per heavy atom. The maximum Gasteiger partial charge on any atom is 0.137 e. The summed E-state index contributed by atoms with van der Waals surface area (Å²) in [5, 5.41) is 3.92. The van der Waals surface area contributed by atoms with Crippen molar-refractivity contribution in [3.05, 3.63) is 53.1 Å². The van der Waals surface area contributed by atoms with Gasteiger partial charge in [0.1, 0.15) is 18.1 Å². The van der Waals surface area contributed by atoms with Crippen LogP contribution in [0.4, 0.5) is 5.69 Å². The molecule has 4 nitrogen and oxygen atoms in total. The highest BCUT2D eigenvalue weighted by Crippen LogP contribution is 2.27. The fraction of sp³-hybridized carbons (Fsp3) is 0.333. The van der Waals surface area contributed by atoms with Gasteiger partial charge in [-0.1, -0.05) is 23.7 Å². The lowest BCUT2D eigenvalue weighted by atomic mass is 10.2. The van der Waals surface area contributed by atoms with Crippen molar-refractivity contribution >= 4 is 17.3 Å². The largest absolute Gasteiger partial charge is 0.495 e. The number of halogens is 1. The third kappa shape index (κ3) is 5.66. The molecule has 0 aliphatic rings. The molecule has 23 heavy (non-hydrogen) atoms. The molecule has 0 atom stereocenters. The van der Waals surface area contributed by atoms with Crippen LogP contribution in [-0.2, 0) is 11.3 Å². The van der Waals surface area contributed by atoms with Crippen LogP contribution in [0.5, 0.6) is 11.5 Å². The monoisotopic (exact) mass is 335 g/mol. The molecule has 0 amide bonds. The van der Waals surface area contributed by atoms with Gasteiger partial charge in [-0.05, 0) is 42.8 Å². The second-order valence-electron chi connectivity index (χ2n) is 4.89. The van der Waals surface area contributed by atoms with Gasteiger partial charge in [0.25, 0.3) is 0 Å². The number of nitrogens with one attached hydrogen (secondary N) is 1. The molecule has 0 aliphatic heterocycles. The van der Waals surface area contributed by atoms with Crippen molar-refractivity contribution in [2.45, 2.75) is 13.5 Å². The summed E-state index contributed by atoms with van der Waals surface area (Å²) in [5.74, 6) is 1.52. The van der Waals surface area contributed by atoms with E-state index in [0.717, 1.165) is 17.0 Å². The quantitative estimate of drug-likeness (QED) is 0.690. The lowest BCUT2D eigenvalue weighted by Crippen LogP contribution is -2.06. The van der Waals surface area contributed by atoms with Gasteiger partial charge in [-0.3, -0.25) is 0 Å². The maximum atomic E-state index is 6.11. The minimum absolute atomic E-state index is 0.565. The molecule has 1 N–H and O–H groups in total. The number of benzene rings is 2. The topological polar surface area (TPSA) is 39.7 Å². The van der Waals surface area contributed by atoms with Crippen molar-refractivity contribution in [2.75, 3.05) is 32.2 Å². The van der Waals surface area contributed by atoms with E-state index in [1.54, 1.807) is 7.11 Å². The molecule has 0 heterocycles. The van der Waals surface area contributed by atoms with Crippen LogP contribution < -0.4 is 14.8 Å². The van der Waals surface area contributed by atoms with E-state index in [-0.39, 0.29) is 0 Å². The Balaban J connectivity index is 1.82. The van der Waals surface area contributed by atoms with Crippen LogP contribution >= 0.6 is 11.6 Å². The Morgan fingerprint density at radius 1 is 1.04 bits per heavy atom. The molecular weight excluding hydrogens is 314 g/mol. The van der Waals surface area contributed by atoms with Crippen LogP contribution in [0, 0.1) is 0 Å². The van der Waals surface area contributed by atoms with Gasteiger partial charge in [0, 0.05) is 18.8 Å². The number of anilines is 1. The molecule has 2 aromatic rings. The van der Waals surface area contributed by atoms with E-state index in [9.17, 15) is 0 Å². The van der Waals surface area contributed by atoms with Gasteiger partial charge in [-0.2, -0.15) is 0 Å². The highest BCUT2D eigenvalue weighted by Gasteiger charge is 2.02. The minimum Gasteiger partial charge on any atom is -0.495 e. The van der Waals surface area contributed by atoms with Crippen molar-refractivity contribution in [3.8, 4) is 11.5 Å². The predicted octanol–water partition coefficient (Wildman–Crippen LogP) is 4.38. The SMILES string of the molecule is CCOCCOc1ccc(CNc2ccc(OC)c(Cl)c2)cc1. The summed E-state index contributed by atoms with van der Waals surface area (Å²) in [5.41, 5.74) is 2.11. The molecule has 2 rings (SSSR count). The molecule has 0 aromatic heterocycles. The molecular formula is C18H22ClNO3. The average molecular weight is 336 g/mol. The van der Waals surface area contributed by atoms with Crippen LogP contribution in [0.2, 0.25) is 5.02 Å². The standard InChI is InChI=1S/C18H22ClNO3/c1-3-22-10-11-23-16-7-4-14(5-8-16)13-20-15-6-9-18(21-2)17(19)12-15/h4-9,12,20H,3,10-11,13H2,1-2H3. The molecule has 0 aliphatic carbocycles. The molecule has 124 valence electrons.